The van der Waals surface area contributed by atoms with Crippen LogP contribution in [-0.4, -0.2) is 17.7 Å². The molecule has 0 bridgehead atoms. The smallest absolute Gasteiger partial charge is 0.339 e. The van der Waals surface area contributed by atoms with Crippen LogP contribution in [-0.2, 0) is 9.53 Å². The van der Waals surface area contributed by atoms with E-state index >= 15 is 0 Å². The molecule has 1 atom stereocenters. The minimum Gasteiger partial charge on any atom is -0.464 e. The number of esters is 1. The summed E-state index contributed by atoms with van der Waals surface area (Å²) >= 11 is 5.73. The maximum absolute atomic E-state index is 11.3. The summed E-state index contributed by atoms with van der Waals surface area (Å²) in [7, 11) is 0. The minimum atomic E-state index is -1.25. The molecule has 1 aromatic carbocycles. The van der Waals surface area contributed by atoms with Crippen molar-refractivity contribution in [1.29, 1.82) is 0 Å². The molecule has 1 N–H and O–H groups in total. The molecule has 0 fully saturated rings. The van der Waals surface area contributed by atoms with Crippen LogP contribution < -0.4 is 0 Å². The van der Waals surface area contributed by atoms with Gasteiger partial charge in [0.1, 0.15) is 0 Å². The molecule has 4 heteroatoms. The second-order valence-corrected chi connectivity index (χ2v) is 3.56. The van der Waals surface area contributed by atoms with Gasteiger partial charge in [0, 0.05) is 5.02 Å². The number of carbonyl (C=O) groups is 1. The lowest BCUT2D eigenvalue weighted by molar-refractivity contribution is -0.153. The number of ether oxygens (including phenoxy) is 1. The monoisotopic (exact) mass is 228 g/mol. The van der Waals surface area contributed by atoms with E-state index in [0.29, 0.717) is 17.2 Å². The maximum atomic E-state index is 11.3. The molecule has 0 saturated carbocycles. The first-order valence-corrected chi connectivity index (χ1v) is 5.13. The fourth-order valence-electron chi connectivity index (χ4n) is 1.09. The van der Waals surface area contributed by atoms with Gasteiger partial charge in [-0.15, -0.1) is 0 Å². The Morgan fingerprint density at radius 2 is 2.33 bits per heavy atom. The first kappa shape index (κ1) is 12.0. The summed E-state index contributed by atoms with van der Waals surface area (Å²) in [5.74, 6) is -0.640. The third-order valence-corrected chi connectivity index (χ3v) is 2.07. The predicted molar refractivity (Wildman–Crippen MR) is 57.7 cm³/mol. The van der Waals surface area contributed by atoms with Crippen molar-refractivity contribution in [3.05, 3.63) is 34.9 Å². The van der Waals surface area contributed by atoms with Crippen molar-refractivity contribution in [2.24, 2.45) is 0 Å². The maximum Gasteiger partial charge on any atom is 0.339 e. The van der Waals surface area contributed by atoms with Crippen LogP contribution in [0, 0.1) is 0 Å². The number of hydrogen-bond donors (Lipinski definition) is 1. The highest BCUT2D eigenvalue weighted by Crippen LogP contribution is 2.18. The SMILES string of the molecule is CCCOC(=O)C(O)c1cccc(Cl)c1. The minimum absolute atomic E-state index is 0.316. The Morgan fingerprint density at radius 1 is 1.60 bits per heavy atom. The van der Waals surface area contributed by atoms with E-state index in [1.807, 2.05) is 6.92 Å². The molecule has 3 nitrogen and oxygen atoms in total. The van der Waals surface area contributed by atoms with Gasteiger partial charge >= 0.3 is 5.97 Å². The van der Waals surface area contributed by atoms with Crippen molar-refractivity contribution in [3.63, 3.8) is 0 Å². The first-order valence-electron chi connectivity index (χ1n) is 4.75. The molecule has 1 unspecified atom stereocenters. The van der Waals surface area contributed by atoms with E-state index in [-0.39, 0.29) is 0 Å². The summed E-state index contributed by atoms with van der Waals surface area (Å²) < 4.78 is 4.82. The van der Waals surface area contributed by atoms with Gasteiger partial charge in [-0.2, -0.15) is 0 Å². The highest BCUT2D eigenvalue weighted by atomic mass is 35.5. The van der Waals surface area contributed by atoms with Crippen LogP contribution >= 0.6 is 11.6 Å². The van der Waals surface area contributed by atoms with Crippen molar-refractivity contribution in [1.82, 2.24) is 0 Å². The van der Waals surface area contributed by atoms with E-state index in [0.717, 1.165) is 6.42 Å². The zero-order valence-corrected chi connectivity index (χ0v) is 9.20. The molecule has 0 aromatic heterocycles. The van der Waals surface area contributed by atoms with Crippen LogP contribution in [0.5, 0.6) is 0 Å². The van der Waals surface area contributed by atoms with Gasteiger partial charge in [0.05, 0.1) is 6.61 Å². The van der Waals surface area contributed by atoms with Crippen LogP contribution in [0.3, 0.4) is 0 Å². The normalized spacial score (nSPS) is 12.2. The lowest BCUT2D eigenvalue weighted by Gasteiger charge is -2.10. The van der Waals surface area contributed by atoms with Gasteiger partial charge in [0.15, 0.2) is 6.10 Å². The average molecular weight is 229 g/mol. The number of carbonyl (C=O) groups excluding carboxylic acids is 1. The number of aliphatic hydroxyl groups is 1. The quantitative estimate of drug-likeness (QED) is 0.805. The largest absolute Gasteiger partial charge is 0.464 e. The summed E-state index contributed by atoms with van der Waals surface area (Å²) in [6.07, 6.45) is -0.524. The van der Waals surface area contributed by atoms with Crippen molar-refractivity contribution in [3.8, 4) is 0 Å². The van der Waals surface area contributed by atoms with Gasteiger partial charge in [-0.25, -0.2) is 4.79 Å². The Morgan fingerprint density at radius 3 is 2.93 bits per heavy atom. The molecule has 0 radical (unpaired) electrons. The van der Waals surface area contributed by atoms with Crippen molar-refractivity contribution in [2.45, 2.75) is 19.4 Å². The lowest BCUT2D eigenvalue weighted by Crippen LogP contribution is -2.15. The topological polar surface area (TPSA) is 46.5 Å². The van der Waals surface area contributed by atoms with Gasteiger partial charge in [0.2, 0.25) is 0 Å². The average Bonchev–Trinajstić information content (AvgIpc) is 2.24. The molecule has 1 rings (SSSR count). The second-order valence-electron chi connectivity index (χ2n) is 3.13. The Bertz CT molecular complexity index is 338. The Balaban J connectivity index is 2.67. The van der Waals surface area contributed by atoms with E-state index in [1.165, 1.54) is 0 Å². The summed E-state index contributed by atoms with van der Waals surface area (Å²) in [5, 5.41) is 10.1. The number of rotatable bonds is 4. The van der Waals surface area contributed by atoms with E-state index in [1.54, 1.807) is 24.3 Å². The first-order chi connectivity index (χ1) is 7.15. The van der Waals surface area contributed by atoms with Crippen LogP contribution in [0.2, 0.25) is 5.02 Å². The Hall–Kier alpha value is -1.06. The summed E-state index contributed by atoms with van der Waals surface area (Å²) in [5.41, 5.74) is 0.448. The van der Waals surface area contributed by atoms with Gasteiger partial charge in [-0.3, -0.25) is 0 Å². The molecular weight excluding hydrogens is 216 g/mol. The van der Waals surface area contributed by atoms with Gasteiger partial charge < -0.3 is 9.84 Å². The number of hydrogen-bond acceptors (Lipinski definition) is 3. The molecule has 0 amide bonds. The highest BCUT2D eigenvalue weighted by Gasteiger charge is 2.18. The lowest BCUT2D eigenvalue weighted by atomic mass is 10.1. The van der Waals surface area contributed by atoms with Crippen LogP contribution in [0.1, 0.15) is 25.0 Å². The molecule has 0 saturated heterocycles. The standard InChI is InChI=1S/C11H13ClO3/c1-2-6-15-11(14)10(13)8-4-3-5-9(12)7-8/h3-5,7,10,13H,2,6H2,1H3. The molecule has 0 heterocycles. The van der Waals surface area contributed by atoms with Gasteiger partial charge in [-0.1, -0.05) is 30.7 Å². The van der Waals surface area contributed by atoms with Crippen LogP contribution in [0.15, 0.2) is 24.3 Å². The number of benzene rings is 1. The molecule has 1 aromatic rings. The van der Waals surface area contributed by atoms with Crippen LogP contribution in [0.25, 0.3) is 0 Å². The van der Waals surface area contributed by atoms with Crippen LogP contribution in [0.4, 0.5) is 0 Å². The molecule has 82 valence electrons. The summed E-state index contributed by atoms with van der Waals surface area (Å²) in [4.78, 5) is 11.3. The summed E-state index contributed by atoms with van der Waals surface area (Å²) in [6.45, 7) is 2.20. The molecule has 0 aliphatic rings. The predicted octanol–water partition coefficient (Wildman–Crippen LogP) is 2.33. The highest BCUT2D eigenvalue weighted by molar-refractivity contribution is 6.30. The van der Waals surface area contributed by atoms with Crippen molar-refractivity contribution in [2.75, 3.05) is 6.61 Å². The van der Waals surface area contributed by atoms with Gasteiger partial charge in [0.25, 0.3) is 0 Å². The molecular formula is C11H13ClO3. The number of halogens is 1. The number of aliphatic hydroxyl groups excluding tert-OH is 1. The van der Waals surface area contributed by atoms with E-state index in [2.05, 4.69) is 0 Å². The van der Waals surface area contributed by atoms with Crippen molar-refractivity contribution < 1.29 is 14.6 Å². The third kappa shape index (κ3) is 3.53. The Kier molecular flexibility index (Phi) is 4.59. The fraction of sp³-hybridized carbons (Fsp3) is 0.364. The molecule has 0 aliphatic carbocycles. The second kappa shape index (κ2) is 5.73. The fourth-order valence-corrected chi connectivity index (χ4v) is 1.29. The van der Waals surface area contributed by atoms with Crippen molar-refractivity contribution >= 4 is 17.6 Å². The zero-order chi connectivity index (χ0) is 11.3. The zero-order valence-electron chi connectivity index (χ0n) is 8.44. The van der Waals surface area contributed by atoms with Gasteiger partial charge in [-0.05, 0) is 24.1 Å². The molecule has 0 aliphatic heterocycles. The van der Waals surface area contributed by atoms with E-state index < -0.39 is 12.1 Å². The summed E-state index contributed by atoms with van der Waals surface area (Å²) in [6, 6.07) is 6.52. The van der Waals surface area contributed by atoms with E-state index in [9.17, 15) is 9.90 Å². The van der Waals surface area contributed by atoms with E-state index in [4.69, 9.17) is 16.3 Å². The molecule has 15 heavy (non-hydrogen) atoms. The third-order valence-electron chi connectivity index (χ3n) is 1.84. The molecule has 0 spiro atoms. The Labute approximate surface area is 93.6 Å².